The SMILES string of the molecule is O=C(O)c1cnc2c(cnn2Cc2c(Cl)cccc2Cl)c1. The van der Waals surface area contributed by atoms with Gasteiger partial charge in [0.1, 0.15) is 0 Å². The van der Waals surface area contributed by atoms with Crippen LogP contribution in [0, 0.1) is 0 Å². The number of carboxylic acids is 1. The van der Waals surface area contributed by atoms with Crippen LogP contribution in [0.1, 0.15) is 15.9 Å². The molecule has 106 valence electrons. The van der Waals surface area contributed by atoms with E-state index < -0.39 is 5.97 Å². The Balaban J connectivity index is 2.04. The summed E-state index contributed by atoms with van der Waals surface area (Å²) in [4.78, 5) is 15.1. The Morgan fingerprint density at radius 2 is 1.95 bits per heavy atom. The molecule has 0 saturated heterocycles. The Bertz CT molecular complexity index is 825. The van der Waals surface area contributed by atoms with Crippen molar-refractivity contribution in [3.05, 3.63) is 57.8 Å². The van der Waals surface area contributed by atoms with E-state index >= 15 is 0 Å². The minimum absolute atomic E-state index is 0.123. The predicted molar refractivity (Wildman–Crippen MR) is 80.1 cm³/mol. The molecule has 0 radical (unpaired) electrons. The summed E-state index contributed by atoms with van der Waals surface area (Å²) in [5.41, 5.74) is 1.45. The maximum atomic E-state index is 10.9. The van der Waals surface area contributed by atoms with Crippen LogP contribution in [0.15, 0.2) is 36.7 Å². The highest BCUT2D eigenvalue weighted by Gasteiger charge is 2.12. The molecule has 2 aromatic heterocycles. The molecule has 0 fully saturated rings. The van der Waals surface area contributed by atoms with Crippen molar-refractivity contribution in [2.75, 3.05) is 0 Å². The fourth-order valence-corrected chi connectivity index (χ4v) is 2.55. The smallest absolute Gasteiger partial charge is 0.337 e. The first-order valence-electron chi connectivity index (χ1n) is 6.04. The number of nitrogens with zero attached hydrogens (tertiary/aromatic N) is 3. The van der Waals surface area contributed by atoms with Crippen LogP contribution in [0.5, 0.6) is 0 Å². The Morgan fingerprint density at radius 1 is 1.24 bits per heavy atom. The van der Waals surface area contributed by atoms with E-state index in [-0.39, 0.29) is 5.56 Å². The Hall–Kier alpha value is -2.11. The van der Waals surface area contributed by atoms with Gasteiger partial charge in [-0.05, 0) is 18.2 Å². The number of benzene rings is 1. The fraction of sp³-hybridized carbons (Fsp3) is 0.0714. The van der Waals surface area contributed by atoms with Crippen molar-refractivity contribution in [1.29, 1.82) is 0 Å². The van der Waals surface area contributed by atoms with E-state index in [1.54, 1.807) is 29.1 Å². The van der Waals surface area contributed by atoms with E-state index in [0.717, 1.165) is 5.56 Å². The molecule has 21 heavy (non-hydrogen) atoms. The average Bonchev–Trinajstić information content (AvgIpc) is 2.85. The summed E-state index contributed by atoms with van der Waals surface area (Å²) in [7, 11) is 0. The second-order valence-corrected chi connectivity index (χ2v) is 5.26. The second kappa shape index (κ2) is 5.35. The lowest BCUT2D eigenvalue weighted by Crippen LogP contribution is -2.04. The molecule has 3 aromatic rings. The van der Waals surface area contributed by atoms with Gasteiger partial charge in [-0.2, -0.15) is 5.10 Å². The highest BCUT2D eigenvalue weighted by molar-refractivity contribution is 6.36. The summed E-state index contributed by atoms with van der Waals surface area (Å²) >= 11 is 12.3. The summed E-state index contributed by atoms with van der Waals surface area (Å²) in [6, 6.07) is 6.81. The molecule has 0 aliphatic rings. The normalized spacial score (nSPS) is 11.0. The Kier molecular flexibility index (Phi) is 3.53. The number of aromatic nitrogens is 3. The van der Waals surface area contributed by atoms with E-state index in [1.807, 2.05) is 0 Å². The first-order valence-corrected chi connectivity index (χ1v) is 6.79. The van der Waals surface area contributed by atoms with Crippen molar-refractivity contribution in [2.24, 2.45) is 0 Å². The van der Waals surface area contributed by atoms with E-state index in [9.17, 15) is 4.79 Å². The standard InChI is InChI=1S/C14H9Cl2N3O2/c15-11-2-1-3-12(16)10(11)7-19-13-8(6-18-19)4-9(5-17-13)14(20)21/h1-6H,7H2,(H,20,21). The minimum atomic E-state index is -1.02. The lowest BCUT2D eigenvalue weighted by atomic mass is 10.2. The van der Waals surface area contributed by atoms with Crippen LogP contribution in [-0.4, -0.2) is 25.8 Å². The van der Waals surface area contributed by atoms with Crippen LogP contribution in [0.4, 0.5) is 0 Å². The van der Waals surface area contributed by atoms with E-state index in [1.165, 1.54) is 12.3 Å². The van der Waals surface area contributed by atoms with Gasteiger partial charge in [0, 0.05) is 27.2 Å². The molecule has 1 N–H and O–H groups in total. The molecule has 0 atom stereocenters. The minimum Gasteiger partial charge on any atom is -0.478 e. The molecule has 0 aliphatic heterocycles. The third-order valence-corrected chi connectivity index (χ3v) is 3.80. The molecule has 7 heteroatoms. The lowest BCUT2D eigenvalue weighted by Gasteiger charge is -2.07. The summed E-state index contributed by atoms with van der Waals surface area (Å²) in [6.45, 7) is 0.363. The van der Waals surface area contributed by atoms with Gasteiger partial charge in [0.2, 0.25) is 0 Å². The van der Waals surface area contributed by atoms with Gasteiger partial charge in [-0.3, -0.25) is 0 Å². The van der Waals surface area contributed by atoms with Gasteiger partial charge in [-0.25, -0.2) is 14.5 Å². The second-order valence-electron chi connectivity index (χ2n) is 4.44. The van der Waals surface area contributed by atoms with Crippen molar-refractivity contribution in [3.63, 3.8) is 0 Å². The molecule has 0 bridgehead atoms. The quantitative estimate of drug-likeness (QED) is 0.801. The van der Waals surface area contributed by atoms with Crippen LogP contribution in [0.3, 0.4) is 0 Å². The first kappa shape index (κ1) is 13.9. The molecular formula is C14H9Cl2N3O2. The summed E-state index contributed by atoms with van der Waals surface area (Å²) < 4.78 is 1.63. The largest absolute Gasteiger partial charge is 0.478 e. The molecule has 0 amide bonds. The fourth-order valence-electron chi connectivity index (χ4n) is 2.04. The topological polar surface area (TPSA) is 68.0 Å². The van der Waals surface area contributed by atoms with Crippen molar-refractivity contribution in [2.45, 2.75) is 6.54 Å². The number of pyridine rings is 1. The van der Waals surface area contributed by atoms with Crippen LogP contribution in [-0.2, 0) is 6.54 Å². The number of halogens is 2. The third-order valence-electron chi connectivity index (χ3n) is 3.09. The molecular weight excluding hydrogens is 313 g/mol. The molecule has 0 saturated carbocycles. The number of fused-ring (bicyclic) bond motifs is 1. The van der Waals surface area contributed by atoms with Crippen molar-refractivity contribution >= 4 is 40.2 Å². The van der Waals surface area contributed by atoms with E-state index in [4.69, 9.17) is 28.3 Å². The predicted octanol–water partition coefficient (Wildman–Crippen LogP) is 3.48. The number of rotatable bonds is 3. The maximum Gasteiger partial charge on any atom is 0.337 e. The van der Waals surface area contributed by atoms with Gasteiger partial charge in [-0.1, -0.05) is 29.3 Å². The van der Waals surface area contributed by atoms with Crippen LogP contribution in [0.25, 0.3) is 11.0 Å². The van der Waals surface area contributed by atoms with Crippen molar-refractivity contribution < 1.29 is 9.90 Å². The van der Waals surface area contributed by atoms with Gasteiger partial charge in [0.05, 0.1) is 18.3 Å². The van der Waals surface area contributed by atoms with Crippen molar-refractivity contribution in [3.8, 4) is 0 Å². The molecule has 0 unspecified atom stereocenters. The zero-order valence-corrected chi connectivity index (χ0v) is 12.1. The van der Waals surface area contributed by atoms with Crippen LogP contribution >= 0.6 is 23.2 Å². The molecule has 0 spiro atoms. The van der Waals surface area contributed by atoms with Gasteiger partial charge in [0.15, 0.2) is 5.65 Å². The van der Waals surface area contributed by atoms with Crippen LogP contribution in [0.2, 0.25) is 10.0 Å². The summed E-state index contributed by atoms with van der Waals surface area (Å²) in [6.07, 6.45) is 2.87. The number of carboxylic acid groups (broad SMARTS) is 1. The molecule has 0 aliphatic carbocycles. The van der Waals surface area contributed by atoms with Crippen LogP contribution < -0.4 is 0 Å². The molecule has 5 nitrogen and oxygen atoms in total. The summed E-state index contributed by atoms with van der Waals surface area (Å²) in [5.74, 6) is -1.02. The molecule has 1 aromatic carbocycles. The zero-order valence-electron chi connectivity index (χ0n) is 10.6. The lowest BCUT2D eigenvalue weighted by molar-refractivity contribution is 0.0696. The van der Waals surface area contributed by atoms with E-state index in [2.05, 4.69) is 10.1 Å². The zero-order chi connectivity index (χ0) is 15.0. The van der Waals surface area contributed by atoms with Gasteiger partial charge in [-0.15, -0.1) is 0 Å². The van der Waals surface area contributed by atoms with E-state index in [0.29, 0.717) is 27.6 Å². The van der Waals surface area contributed by atoms with Crippen molar-refractivity contribution in [1.82, 2.24) is 14.8 Å². The molecule has 3 rings (SSSR count). The Morgan fingerprint density at radius 3 is 2.62 bits per heavy atom. The van der Waals surface area contributed by atoms with Gasteiger partial charge >= 0.3 is 5.97 Å². The number of hydrogen-bond donors (Lipinski definition) is 1. The number of aromatic carboxylic acids is 1. The number of carbonyl (C=O) groups is 1. The summed E-state index contributed by atoms with van der Waals surface area (Å²) in [5, 5.41) is 14.9. The van der Waals surface area contributed by atoms with Gasteiger partial charge in [0.25, 0.3) is 0 Å². The Labute approximate surface area is 129 Å². The molecule has 2 heterocycles. The average molecular weight is 322 g/mol. The monoisotopic (exact) mass is 321 g/mol. The first-order chi connectivity index (χ1) is 10.1. The van der Waals surface area contributed by atoms with Gasteiger partial charge < -0.3 is 5.11 Å². The third kappa shape index (κ3) is 2.57. The highest BCUT2D eigenvalue weighted by Crippen LogP contribution is 2.26. The maximum absolute atomic E-state index is 10.9. The highest BCUT2D eigenvalue weighted by atomic mass is 35.5. The number of hydrogen-bond acceptors (Lipinski definition) is 3.